The third kappa shape index (κ3) is 3.54. The molecule has 2 aromatic carbocycles. The molecule has 29 heavy (non-hydrogen) atoms. The number of ether oxygens (including phenoxy) is 1. The van der Waals surface area contributed by atoms with Crippen LogP contribution in [0, 0.1) is 0 Å². The zero-order chi connectivity index (χ0) is 19.6. The first-order valence-electron chi connectivity index (χ1n) is 9.67. The molecule has 0 spiro atoms. The van der Waals surface area contributed by atoms with E-state index in [0.717, 1.165) is 40.9 Å². The normalized spacial score (nSPS) is 16.9. The van der Waals surface area contributed by atoms with Gasteiger partial charge in [-0.3, -0.25) is 14.9 Å². The van der Waals surface area contributed by atoms with Crippen LogP contribution in [0.2, 0.25) is 0 Å². The number of nitrogens with one attached hydrogen (secondary N) is 1. The van der Waals surface area contributed by atoms with Crippen LogP contribution in [0.4, 0.5) is 0 Å². The number of hydrogen-bond acceptors (Lipinski definition) is 5. The minimum absolute atomic E-state index is 0.150. The molecule has 0 aliphatic carbocycles. The van der Waals surface area contributed by atoms with Gasteiger partial charge < -0.3 is 4.74 Å². The van der Waals surface area contributed by atoms with Crippen LogP contribution in [0.3, 0.4) is 0 Å². The average molecular weight is 404 g/mol. The Bertz CT molecular complexity index is 1180. The van der Waals surface area contributed by atoms with Crippen molar-refractivity contribution < 1.29 is 4.74 Å². The molecule has 1 saturated heterocycles. The van der Waals surface area contributed by atoms with Gasteiger partial charge in [0, 0.05) is 18.4 Å². The molecule has 1 atom stereocenters. The van der Waals surface area contributed by atoms with Gasteiger partial charge in [-0.1, -0.05) is 53.8 Å². The summed E-state index contributed by atoms with van der Waals surface area (Å²) in [4.78, 5) is 22.4. The van der Waals surface area contributed by atoms with Gasteiger partial charge in [0.2, 0.25) is 5.13 Å². The van der Waals surface area contributed by atoms with E-state index >= 15 is 0 Å². The van der Waals surface area contributed by atoms with Gasteiger partial charge in [0.15, 0.2) is 0 Å². The molecule has 7 heteroatoms. The van der Waals surface area contributed by atoms with E-state index < -0.39 is 0 Å². The summed E-state index contributed by atoms with van der Waals surface area (Å²) in [6.07, 6.45) is 3.92. The summed E-state index contributed by atoms with van der Waals surface area (Å²) in [6.45, 7) is 1.37. The van der Waals surface area contributed by atoms with Crippen molar-refractivity contribution in [1.82, 2.24) is 14.8 Å². The fourth-order valence-electron chi connectivity index (χ4n) is 3.54. The Morgan fingerprint density at radius 1 is 1.21 bits per heavy atom. The van der Waals surface area contributed by atoms with Crippen LogP contribution in [0.1, 0.15) is 18.4 Å². The largest absolute Gasteiger partial charge is 0.376 e. The maximum absolute atomic E-state index is 13.2. The maximum atomic E-state index is 13.2. The van der Waals surface area contributed by atoms with Crippen molar-refractivity contribution in [3.63, 3.8) is 0 Å². The third-order valence-electron chi connectivity index (χ3n) is 5.02. The quantitative estimate of drug-likeness (QED) is 0.510. The fraction of sp³-hybridized carbons (Fsp3) is 0.227. The summed E-state index contributed by atoms with van der Waals surface area (Å²) in [7, 11) is 0. The smallest absolute Gasteiger partial charge is 0.282 e. The highest BCUT2D eigenvalue weighted by atomic mass is 32.1. The first kappa shape index (κ1) is 18.0. The minimum atomic E-state index is -0.154. The zero-order valence-corrected chi connectivity index (χ0v) is 16.6. The lowest BCUT2D eigenvalue weighted by Gasteiger charge is -2.03. The Labute approximate surface area is 171 Å². The summed E-state index contributed by atoms with van der Waals surface area (Å²) in [5, 5.41) is 3.87. The van der Waals surface area contributed by atoms with Crippen LogP contribution >= 0.6 is 11.3 Å². The Balaban J connectivity index is 1.58. The predicted molar refractivity (Wildman–Crippen MR) is 116 cm³/mol. The Morgan fingerprint density at radius 2 is 2.03 bits per heavy atom. The van der Waals surface area contributed by atoms with Crippen molar-refractivity contribution in [2.24, 2.45) is 4.99 Å². The zero-order valence-electron chi connectivity index (χ0n) is 15.7. The second kappa shape index (κ2) is 7.77. The van der Waals surface area contributed by atoms with E-state index in [1.165, 1.54) is 16.0 Å². The lowest BCUT2D eigenvalue weighted by molar-refractivity contribution is 0.118. The van der Waals surface area contributed by atoms with Gasteiger partial charge in [-0.25, -0.2) is 4.98 Å². The SMILES string of the molecule is O=c1c(C=NCC2CCCO2)c(-c2ccccc2)[nH]n1-c1nc2ccccc2s1. The van der Waals surface area contributed by atoms with E-state index in [2.05, 4.69) is 15.1 Å². The molecule has 0 bridgehead atoms. The van der Waals surface area contributed by atoms with E-state index in [9.17, 15) is 4.79 Å². The van der Waals surface area contributed by atoms with Gasteiger partial charge in [0.25, 0.3) is 5.56 Å². The van der Waals surface area contributed by atoms with Crippen molar-refractivity contribution >= 4 is 27.8 Å². The molecule has 4 aromatic rings. The number of thiazole rings is 1. The highest BCUT2D eigenvalue weighted by Gasteiger charge is 2.18. The standard InChI is InChI=1S/C22H20N4O2S/c27-21-17(14-23-13-16-9-6-12-28-16)20(15-7-2-1-3-8-15)25-26(21)22-24-18-10-4-5-11-19(18)29-22/h1-5,7-8,10-11,14,16,25H,6,9,12-13H2. The van der Waals surface area contributed by atoms with Crippen LogP contribution in [0.25, 0.3) is 26.6 Å². The number of para-hydroxylation sites is 1. The van der Waals surface area contributed by atoms with Gasteiger partial charge in [-0.2, -0.15) is 4.68 Å². The Morgan fingerprint density at radius 3 is 2.83 bits per heavy atom. The monoisotopic (exact) mass is 404 g/mol. The van der Waals surface area contributed by atoms with Crippen LogP contribution in [0.15, 0.2) is 64.4 Å². The predicted octanol–water partition coefficient (Wildman–Crippen LogP) is 4.04. The molecule has 146 valence electrons. The molecule has 5 rings (SSSR count). The number of aromatic nitrogens is 3. The van der Waals surface area contributed by atoms with Gasteiger partial charge in [0.1, 0.15) is 0 Å². The van der Waals surface area contributed by atoms with Gasteiger partial charge in [-0.05, 0) is 25.0 Å². The number of aromatic amines is 1. The molecule has 1 fully saturated rings. The summed E-state index contributed by atoms with van der Waals surface area (Å²) < 4.78 is 8.19. The van der Waals surface area contributed by atoms with E-state index in [1.807, 2.05) is 54.6 Å². The van der Waals surface area contributed by atoms with Gasteiger partial charge in [-0.15, -0.1) is 0 Å². The lowest BCUT2D eigenvalue weighted by Crippen LogP contribution is -2.17. The summed E-state index contributed by atoms with van der Waals surface area (Å²) in [5.41, 5.74) is 2.94. The molecule has 0 amide bonds. The number of fused-ring (bicyclic) bond motifs is 1. The average Bonchev–Trinajstić information content (AvgIpc) is 3.48. The number of rotatable bonds is 5. The molecule has 1 aliphatic heterocycles. The van der Waals surface area contributed by atoms with Crippen LogP contribution in [-0.4, -0.2) is 40.2 Å². The fourth-order valence-corrected chi connectivity index (χ4v) is 4.46. The molecule has 1 N–H and O–H groups in total. The lowest BCUT2D eigenvalue weighted by atomic mass is 10.1. The molecule has 6 nitrogen and oxygen atoms in total. The maximum Gasteiger partial charge on any atom is 0.282 e. The Kier molecular flexibility index (Phi) is 4.83. The summed E-state index contributed by atoms with van der Waals surface area (Å²) in [5.74, 6) is 0. The second-order valence-electron chi connectivity index (χ2n) is 7.00. The van der Waals surface area contributed by atoms with Crippen LogP contribution < -0.4 is 5.56 Å². The van der Waals surface area contributed by atoms with Crippen molar-refractivity contribution in [3.8, 4) is 16.4 Å². The Hall–Kier alpha value is -3.03. The van der Waals surface area contributed by atoms with Crippen molar-refractivity contribution in [3.05, 3.63) is 70.5 Å². The van der Waals surface area contributed by atoms with E-state index in [4.69, 9.17) is 4.74 Å². The highest BCUT2D eigenvalue weighted by Crippen LogP contribution is 2.25. The summed E-state index contributed by atoms with van der Waals surface area (Å²) >= 11 is 1.48. The molecular weight excluding hydrogens is 384 g/mol. The molecule has 0 saturated carbocycles. The molecular formula is C22H20N4O2S. The van der Waals surface area contributed by atoms with E-state index in [-0.39, 0.29) is 11.7 Å². The van der Waals surface area contributed by atoms with E-state index in [1.54, 1.807) is 6.21 Å². The molecule has 3 heterocycles. The van der Waals surface area contributed by atoms with Crippen LogP contribution in [-0.2, 0) is 4.74 Å². The number of nitrogens with zero attached hydrogens (tertiary/aromatic N) is 3. The van der Waals surface area contributed by atoms with Gasteiger partial charge in [0.05, 0.1) is 34.1 Å². The second-order valence-corrected chi connectivity index (χ2v) is 8.01. The molecule has 1 unspecified atom stereocenters. The van der Waals surface area contributed by atoms with Crippen LogP contribution in [0.5, 0.6) is 0 Å². The number of benzene rings is 2. The molecule has 0 radical (unpaired) electrons. The molecule has 1 aliphatic rings. The number of aliphatic imine (C=N–C) groups is 1. The topological polar surface area (TPSA) is 72.3 Å². The number of hydrogen-bond donors (Lipinski definition) is 1. The van der Waals surface area contributed by atoms with Gasteiger partial charge >= 0.3 is 0 Å². The minimum Gasteiger partial charge on any atom is -0.376 e. The molecule has 2 aromatic heterocycles. The first-order valence-corrected chi connectivity index (χ1v) is 10.5. The third-order valence-corrected chi connectivity index (χ3v) is 6.04. The van der Waals surface area contributed by atoms with Crippen molar-refractivity contribution in [1.29, 1.82) is 0 Å². The first-order chi connectivity index (χ1) is 14.3. The highest BCUT2D eigenvalue weighted by molar-refractivity contribution is 7.20. The summed E-state index contributed by atoms with van der Waals surface area (Å²) in [6, 6.07) is 17.7. The van der Waals surface area contributed by atoms with Crippen molar-refractivity contribution in [2.75, 3.05) is 13.2 Å². The number of H-pyrrole nitrogens is 1. The van der Waals surface area contributed by atoms with E-state index in [0.29, 0.717) is 17.2 Å². The van der Waals surface area contributed by atoms with Crippen molar-refractivity contribution in [2.45, 2.75) is 18.9 Å².